The average Bonchev–Trinajstić information content (AvgIpc) is 2.13. The largest absolute Gasteiger partial charge is 0.481 e. The predicted molar refractivity (Wildman–Crippen MR) is 60.0 cm³/mol. The number of carboxylic acid groups (broad SMARTS) is 1. The third-order valence-electron chi connectivity index (χ3n) is 2.55. The van der Waals surface area contributed by atoms with Gasteiger partial charge in [0.2, 0.25) is 0 Å². The van der Waals surface area contributed by atoms with Gasteiger partial charge in [-0.2, -0.15) is 0 Å². The Hall–Kier alpha value is -0.610. The Labute approximate surface area is 92.2 Å². The highest BCUT2D eigenvalue weighted by molar-refractivity contribution is 5.66. The highest BCUT2D eigenvalue weighted by Crippen LogP contribution is 2.09. The third kappa shape index (κ3) is 6.47. The maximum absolute atomic E-state index is 10.5. The van der Waals surface area contributed by atoms with Crippen molar-refractivity contribution >= 4 is 5.97 Å². The molecule has 0 rings (SSSR count). The molecule has 0 bridgehead atoms. The van der Waals surface area contributed by atoms with Crippen molar-refractivity contribution < 1.29 is 14.6 Å². The lowest BCUT2D eigenvalue weighted by Gasteiger charge is -2.32. The molecular weight excluding hydrogens is 194 g/mol. The summed E-state index contributed by atoms with van der Waals surface area (Å²) < 4.78 is 5.02. The third-order valence-corrected chi connectivity index (χ3v) is 2.55. The molecule has 1 N–H and O–H groups in total. The Morgan fingerprint density at radius 1 is 1.40 bits per heavy atom. The summed E-state index contributed by atoms with van der Waals surface area (Å²) in [6.45, 7) is 7.62. The van der Waals surface area contributed by atoms with Crippen molar-refractivity contribution in [1.82, 2.24) is 4.90 Å². The zero-order valence-corrected chi connectivity index (χ0v) is 10.2. The van der Waals surface area contributed by atoms with Crippen molar-refractivity contribution in [2.45, 2.75) is 45.7 Å². The minimum Gasteiger partial charge on any atom is -0.481 e. The first-order valence-corrected chi connectivity index (χ1v) is 5.45. The molecule has 0 aromatic rings. The first kappa shape index (κ1) is 14.4. The van der Waals surface area contributed by atoms with E-state index in [1.54, 1.807) is 7.11 Å². The lowest BCUT2D eigenvalue weighted by atomic mass is 10.1. The van der Waals surface area contributed by atoms with E-state index in [1.807, 2.05) is 0 Å². The predicted octanol–water partition coefficient (Wildman–Crippen LogP) is 1.60. The molecule has 1 atom stereocenters. The Balaban J connectivity index is 4.06. The first-order valence-electron chi connectivity index (χ1n) is 5.45. The molecule has 0 aliphatic carbocycles. The molecule has 0 saturated carbocycles. The lowest BCUT2D eigenvalue weighted by Crippen LogP contribution is -2.40. The van der Waals surface area contributed by atoms with Crippen LogP contribution in [0.3, 0.4) is 0 Å². The molecule has 0 spiro atoms. The van der Waals surface area contributed by atoms with Gasteiger partial charge in [0.05, 0.1) is 6.42 Å². The first-order chi connectivity index (χ1) is 6.99. The monoisotopic (exact) mass is 217 g/mol. The summed E-state index contributed by atoms with van der Waals surface area (Å²) in [4.78, 5) is 12.7. The normalized spacial score (nSPS) is 13.5. The van der Waals surface area contributed by atoms with Gasteiger partial charge in [-0.1, -0.05) is 0 Å². The van der Waals surface area contributed by atoms with Gasteiger partial charge in [0, 0.05) is 32.3 Å². The molecule has 0 heterocycles. The number of hydrogen-bond donors (Lipinski definition) is 1. The van der Waals surface area contributed by atoms with Crippen molar-refractivity contribution in [1.29, 1.82) is 0 Å². The van der Waals surface area contributed by atoms with Crippen LogP contribution in [0.15, 0.2) is 0 Å². The second kappa shape index (κ2) is 7.65. The van der Waals surface area contributed by atoms with Gasteiger partial charge in [-0.25, -0.2) is 0 Å². The summed E-state index contributed by atoms with van der Waals surface area (Å²) in [6.07, 6.45) is 1.14. The van der Waals surface area contributed by atoms with E-state index in [0.717, 1.165) is 13.0 Å². The van der Waals surface area contributed by atoms with E-state index >= 15 is 0 Å². The second-order valence-electron chi connectivity index (χ2n) is 4.11. The average molecular weight is 217 g/mol. The van der Waals surface area contributed by atoms with Gasteiger partial charge in [0.15, 0.2) is 0 Å². The Bertz CT molecular complexity index is 183. The Morgan fingerprint density at radius 3 is 2.40 bits per heavy atom. The molecule has 15 heavy (non-hydrogen) atoms. The fourth-order valence-corrected chi connectivity index (χ4v) is 1.67. The van der Waals surface area contributed by atoms with Crippen LogP contribution < -0.4 is 0 Å². The van der Waals surface area contributed by atoms with Crippen LogP contribution in [0.1, 0.15) is 33.6 Å². The highest BCUT2D eigenvalue weighted by atomic mass is 16.5. The number of methoxy groups -OCH3 is 1. The van der Waals surface area contributed by atoms with Crippen LogP contribution in [0.5, 0.6) is 0 Å². The number of aliphatic carboxylic acids is 1. The summed E-state index contributed by atoms with van der Waals surface area (Å²) >= 11 is 0. The minimum absolute atomic E-state index is 0.204. The minimum atomic E-state index is -0.736. The number of nitrogens with zero attached hydrogens (tertiary/aromatic N) is 1. The summed E-state index contributed by atoms with van der Waals surface area (Å²) in [5.74, 6) is -0.736. The van der Waals surface area contributed by atoms with E-state index in [4.69, 9.17) is 9.84 Å². The SMILES string of the molecule is COCCC(C)N(CCC(=O)O)C(C)C. The van der Waals surface area contributed by atoms with Crippen LogP contribution in [-0.2, 0) is 9.53 Å². The van der Waals surface area contributed by atoms with Crippen molar-refractivity contribution in [3.63, 3.8) is 0 Å². The van der Waals surface area contributed by atoms with Crippen LogP contribution in [0, 0.1) is 0 Å². The van der Waals surface area contributed by atoms with E-state index in [-0.39, 0.29) is 6.42 Å². The molecule has 0 aliphatic heterocycles. The molecule has 0 aromatic carbocycles. The molecular formula is C11H23NO3. The van der Waals surface area contributed by atoms with E-state index in [9.17, 15) is 4.79 Å². The Kier molecular flexibility index (Phi) is 7.34. The van der Waals surface area contributed by atoms with Crippen molar-refractivity contribution in [3.05, 3.63) is 0 Å². The summed E-state index contributed by atoms with van der Waals surface area (Å²) in [5.41, 5.74) is 0. The zero-order chi connectivity index (χ0) is 11.8. The van der Waals surface area contributed by atoms with Crippen LogP contribution in [0.4, 0.5) is 0 Å². The zero-order valence-electron chi connectivity index (χ0n) is 10.2. The van der Waals surface area contributed by atoms with Crippen LogP contribution in [0.2, 0.25) is 0 Å². The maximum Gasteiger partial charge on any atom is 0.304 e. The molecule has 0 aliphatic rings. The fourth-order valence-electron chi connectivity index (χ4n) is 1.67. The van der Waals surface area contributed by atoms with Crippen LogP contribution >= 0.6 is 0 Å². The maximum atomic E-state index is 10.5. The molecule has 0 radical (unpaired) electrons. The number of carboxylic acids is 1. The van der Waals surface area contributed by atoms with Gasteiger partial charge in [-0.15, -0.1) is 0 Å². The van der Waals surface area contributed by atoms with Gasteiger partial charge in [0.1, 0.15) is 0 Å². The topological polar surface area (TPSA) is 49.8 Å². The molecule has 90 valence electrons. The second-order valence-corrected chi connectivity index (χ2v) is 4.11. The standard InChI is InChI=1S/C11H23NO3/c1-9(2)12(7-5-11(13)14)10(3)6-8-15-4/h9-10H,5-8H2,1-4H3,(H,13,14). The number of ether oxygens (including phenoxy) is 1. The van der Waals surface area contributed by atoms with Gasteiger partial charge >= 0.3 is 5.97 Å². The molecule has 0 fully saturated rings. The van der Waals surface area contributed by atoms with Crippen molar-refractivity contribution in [2.24, 2.45) is 0 Å². The van der Waals surface area contributed by atoms with Gasteiger partial charge in [-0.05, 0) is 27.2 Å². The molecule has 4 nitrogen and oxygen atoms in total. The van der Waals surface area contributed by atoms with E-state index in [1.165, 1.54) is 0 Å². The van der Waals surface area contributed by atoms with Crippen LogP contribution in [0.25, 0.3) is 0 Å². The highest BCUT2D eigenvalue weighted by Gasteiger charge is 2.17. The smallest absolute Gasteiger partial charge is 0.304 e. The van der Waals surface area contributed by atoms with Crippen molar-refractivity contribution in [3.8, 4) is 0 Å². The molecule has 4 heteroatoms. The molecule has 1 unspecified atom stereocenters. The summed E-state index contributed by atoms with van der Waals surface area (Å²) in [5, 5.41) is 8.65. The summed E-state index contributed by atoms with van der Waals surface area (Å²) in [7, 11) is 1.68. The van der Waals surface area contributed by atoms with Crippen molar-refractivity contribution in [2.75, 3.05) is 20.3 Å². The van der Waals surface area contributed by atoms with Crippen LogP contribution in [-0.4, -0.2) is 48.3 Å². The van der Waals surface area contributed by atoms with Gasteiger partial charge in [-0.3, -0.25) is 9.69 Å². The van der Waals surface area contributed by atoms with Gasteiger partial charge in [0.25, 0.3) is 0 Å². The number of hydrogen-bond acceptors (Lipinski definition) is 3. The molecule has 0 amide bonds. The molecule has 0 saturated heterocycles. The number of carbonyl (C=O) groups is 1. The number of rotatable bonds is 8. The Morgan fingerprint density at radius 2 is 2.00 bits per heavy atom. The lowest BCUT2D eigenvalue weighted by molar-refractivity contribution is -0.137. The van der Waals surface area contributed by atoms with Gasteiger partial charge < -0.3 is 9.84 Å². The van der Waals surface area contributed by atoms with E-state index in [0.29, 0.717) is 18.6 Å². The van der Waals surface area contributed by atoms with E-state index < -0.39 is 5.97 Å². The van der Waals surface area contributed by atoms with E-state index in [2.05, 4.69) is 25.7 Å². The summed E-state index contributed by atoms with van der Waals surface area (Å²) in [6, 6.07) is 0.737. The molecule has 0 aromatic heterocycles. The fraction of sp³-hybridized carbons (Fsp3) is 0.909. The quantitative estimate of drug-likeness (QED) is 0.671.